The molecule has 0 atom stereocenters. The topological polar surface area (TPSA) is 68.5 Å². The minimum Gasteiger partial charge on any atom is -0.496 e. The maximum atomic E-state index is 12.1. The molecule has 31 heavy (non-hydrogen) atoms. The van der Waals surface area contributed by atoms with Crippen molar-refractivity contribution in [2.75, 3.05) is 13.7 Å². The normalized spacial score (nSPS) is 10.8. The van der Waals surface area contributed by atoms with Crippen LogP contribution in [0.15, 0.2) is 72.8 Å². The molecule has 0 aliphatic carbocycles. The number of benzene rings is 3. The summed E-state index contributed by atoms with van der Waals surface area (Å²) in [6.45, 7) is 1.88. The van der Waals surface area contributed by atoms with Crippen molar-refractivity contribution in [2.24, 2.45) is 0 Å². The molecule has 0 radical (unpaired) electrons. The molecule has 0 N–H and O–H groups in total. The van der Waals surface area contributed by atoms with E-state index in [4.69, 9.17) is 14.2 Å². The van der Waals surface area contributed by atoms with Crippen molar-refractivity contribution in [3.05, 3.63) is 89.5 Å². The summed E-state index contributed by atoms with van der Waals surface area (Å²) >= 11 is 0. The highest BCUT2D eigenvalue weighted by Gasteiger charge is 2.09. The molecule has 0 fully saturated rings. The summed E-state index contributed by atoms with van der Waals surface area (Å²) in [4.78, 5) is 12.1. The Balaban J connectivity index is 1.63. The number of hydrogen-bond acceptors (Lipinski definition) is 5. The van der Waals surface area contributed by atoms with E-state index in [0.29, 0.717) is 28.4 Å². The number of nitriles is 1. The van der Waals surface area contributed by atoms with Gasteiger partial charge in [-0.2, -0.15) is 5.26 Å². The third-order valence-electron chi connectivity index (χ3n) is 4.60. The van der Waals surface area contributed by atoms with Crippen molar-refractivity contribution in [1.82, 2.24) is 0 Å². The maximum absolute atomic E-state index is 12.1. The average Bonchev–Trinajstić information content (AvgIpc) is 2.82. The van der Waals surface area contributed by atoms with Crippen LogP contribution in [0.25, 0.3) is 11.6 Å². The van der Waals surface area contributed by atoms with Crippen molar-refractivity contribution >= 4 is 17.6 Å². The summed E-state index contributed by atoms with van der Waals surface area (Å²) in [5.41, 5.74) is 3.13. The van der Waals surface area contributed by atoms with Gasteiger partial charge in [-0.3, -0.25) is 0 Å². The zero-order valence-electron chi connectivity index (χ0n) is 17.5. The van der Waals surface area contributed by atoms with Crippen LogP contribution < -0.4 is 14.2 Å². The number of allylic oxidation sites excluding steroid dienone is 1. The Hall–Kier alpha value is -4.04. The number of ether oxygens (including phenoxy) is 3. The van der Waals surface area contributed by atoms with Crippen LogP contribution in [0.1, 0.15) is 23.6 Å². The molecule has 0 saturated heterocycles. The molecule has 5 nitrogen and oxygen atoms in total. The van der Waals surface area contributed by atoms with Gasteiger partial charge >= 0.3 is 5.97 Å². The molecular formula is C26H23NO4. The van der Waals surface area contributed by atoms with Gasteiger partial charge in [-0.05, 0) is 60.0 Å². The highest BCUT2D eigenvalue weighted by molar-refractivity contribution is 5.91. The molecule has 0 unspecified atom stereocenters. The molecule has 0 heterocycles. The Labute approximate surface area is 182 Å². The largest absolute Gasteiger partial charge is 0.496 e. The fourth-order valence-corrected chi connectivity index (χ4v) is 2.99. The molecule has 0 bridgehead atoms. The number of esters is 1. The first-order chi connectivity index (χ1) is 15.1. The van der Waals surface area contributed by atoms with Gasteiger partial charge in [0, 0.05) is 5.56 Å². The number of hydrogen-bond donors (Lipinski definition) is 0. The zero-order valence-corrected chi connectivity index (χ0v) is 17.5. The molecule has 3 rings (SSSR count). The highest BCUT2D eigenvalue weighted by atomic mass is 16.6. The van der Waals surface area contributed by atoms with E-state index >= 15 is 0 Å². The fourth-order valence-electron chi connectivity index (χ4n) is 2.99. The molecule has 156 valence electrons. The number of nitrogens with zero attached hydrogens (tertiary/aromatic N) is 1. The summed E-state index contributed by atoms with van der Waals surface area (Å²) in [6.07, 6.45) is 2.65. The monoisotopic (exact) mass is 413 g/mol. The molecule has 0 amide bonds. The van der Waals surface area contributed by atoms with Crippen molar-refractivity contribution in [2.45, 2.75) is 13.3 Å². The third-order valence-corrected chi connectivity index (χ3v) is 4.60. The Bertz CT molecular complexity index is 1110. The molecule has 3 aromatic carbocycles. The van der Waals surface area contributed by atoms with E-state index in [2.05, 4.69) is 13.0 Å². The highest BCUT2D eigenvalue weighted by Crippen LogP contribution is 2.27. The lowest BCUT2D eigenvalue weighted by molar-refractivity contribution is -0.136. The van der Waals surface area contributed by atoms with Crippen molar-refractivity contribution in [3.8, 4) is 23.3 Å². The fraction of sp³-hybridized carbons (Fsp3) is 0.154. The lowest BCUT2D eigenvalue weighted by atomic mass is 10.0. The summed E-state index contributed by atoms with van der Waals surface area (Å²) in [5, 5.41) is 9.56. The van der Waals surface area contributed by atoms with E-state index in [1.165, 1.54) is 0 Å². The van der Waals surface area contributed by atoms with Crippen LogP contribution in [0, 0.1) is 11.3 Å². The van der Waals surface area contributed by atoms with Crippen LogP contribution in [-0.2, 0) is 11.2 Å². The van der Waals surface area contributed by atoms with Crippen molar-refractivity contribution < 1.29 is 19.0 Å². The zero-order chi connectivity index (χ0) is 22.1. The van der Waals surface area contributed by atoms with Gasteiger partial charge in [0.25, 0.3) is 0 Å². The van der Waals surface area contributed by atoms with E-state index < -0.39 is 5.97 Å². The van der Waals surface area contributed by atoms with Gasteiger partial charge in [-0.1, -0.05) is 43.3 Å². The van der Waals surface area contributed by atoms with Gasteiger partial charge in [0.1, 0.15) is 17.2 Å². The van der Waals surface area contributed by atoms with Gasteiger partial charge in [-0.25, -0.2) is 4.79 Å². The first kappa shape index (κ1) is 21.7. The third kappa shape index (κ3) is 5.97. The van der Waals surface area contributed by atoms with E-state index in [0.717, 1.165) is 17.5 Å². The summed E-state index contributed by atoms with van der Waals surface area (Å²) in [6, 6.07) is 24.1. The van der Waals surface area contributed by atoms with Gasteiger partial charge in [0.2, 0.25) is 0 Å². The van der Waals surface area contributed by atoms with Crippen LogP contribution in [0.2, 0.25) is 0 Å². The van der Waals surface area contributed by atoms with Gasteiger partial charge in [0.15, 0.2) is 6.61 Å². The standard InChI is InChI=1S/C26H23NO4/c1-3-19-7-6-8-23(16-19)30-18-26(28)31-22-13-11-20(12-14-22)15-21(17-27)24-9-4-5-10-25(24)29-2/h4-16H,3,18H2,1-2H3/b21-15-. The maximum Gasteiger partial charge on any atom is 0.349 e. The van der Waals surface area contributed by atoms with Crippen LogP contribution in [0.3, 0.4) is 0 Å². The summed E-state index contributed by atoms with van der Waals surface area (Å²) in [7, 11) is 1.57. The molecule has 0 saturated carbocycles. The second-order valence-electron chi connectivity index (χ2n) is 6.70. The first-order valence-corrected chi connectivity index (χ1v) is 9.90. The average molecular weight is 413 g/mol. The van der Waals surface area contributed by atoms with Crippen LogP contribution >= 0.6 is 0 Å². The lowest BCUT2D eigenvalue weighted by Crippen LogP contribution is -2.17. The predicted molar refractivity (Wildman–Crippen MR) is 120 cm³/mol. The molecule has 0 spiro atoms. The van der Waals surface area contributed by atoms with Crippen molar-refractivity contribution in [3.63, 3.8) is 0 Å². The van der Waals surface area contributed by atoms with Crippen LogP contribution in [0.4, 0.5) is 0 Å². The number of carbonyl (C=O) groups is 1. The van der Waals surface area contributed by atoms with Gasteiger partial charge in [-0.15, -0.1) is 0 Å². The molecule has 0 aliphatic heterocycles. The van der Waals surface area contributed by atoms with Crippen LogP contribution in [0.5, 0.6) is 17.2 Å². The number of methoxy groups -OCH3 is 1. The molecule has 0 aromatic heterocycles. The number of rotatable bonds is 8. The minimum absolute atomic E-state index is 0.179. The van der Waals surface area contributed by atoms with E-state index in [1.807, 2.05) is 48.5 Å². The molecule has 5 heteroatoms. The van der Waals surface area contributed by atoms with Crippen molar-refractivity contribution in [1.29, 1.82) is 5.26 Å². The predicted octanol–water partition coefficient (Wildman–Crippen LogP) is 5.31. The summed E-state index contributed by atoms with van der Waals surface area (Å²) in [5.74, 6) is 1.18. The Morgan fingerprint density at radius 1 is 1.00 bits per heavy atom. The number of carbonyl (C=O) groups excluding carboxylic acids is 1. The number of aryl methyl sites for hydroxylation is 1. The van der Waals surface area contributed by atoms with Gasteiger partial charge < -0.3 is 14.2 Å². The Kier molecular flexibility index (Phi) is 7.45. The first-order valence-electron chi connectivity index (χ1n) is 9.90. The van der Waals surface area contributed by atoms with E-state index in [-0.39, 0.29) is 6.61 Å². The molecule has 3 aromatic rings. The number of para-hydroxylation sites is 1. The molecule has 0 aliphatic rings. The van der Waals surface area contributed by atoms with E-state index in [9.17, 15) is 10.1 Å². The lowest BCUT2D eigenvalue weighted by Gasteiger charge is -2.08. The smallest absolute Gasteiger partial charge is 0.349 e. The minimum atomic E-state index is -0.489. The second kappa shape index (κ2) is 10.7. The quantitative estimate of drug-likeness (QED) is 0.217. The van der Waals surface area contributed by atoms with Crippen LogP contribution in [-0.4, -0.2) is 19.7 Å². The summed E-state index contributed by atoms with van der Waals surface area (Å²) < 4.78 is 16.2. The Morgan fingerprint density at radius 3 is 2.48 bits per heavy atom. The Morgan fingerprint density at radius 2 is 1.77 bits per heavy atom. The molecular weight excluding hydrogens is 390 g/mol. The van der Waals surface area contributed by atoms with Gasteiger partial charge in [0.05, 0.1) is 18.8 Å². The van der Waals surface area contributed by atoms with E-state index in [1.54, 1.807) is 37.5 Å². The SMILES string of the molecule is CCc1cccc(OCC(=O)Oc2ccc(/C=C(/C#N)c3ccccc3OC)cc2)c1. The second-order valence-corrected chi connectivity index (χ2v) is 6.70.